The van der Waals surface area contributed by atoms with Gasteiger partial charge in [0.25, 0.3) is 0 Å². The molecule has 0 amide bonds. The molecule has 184 valence electrons. The number of hydrogen-bond donors (Lipinski definition) is 4. The third-order valence-corrected chi connectivity index (χ3v) is 5.81. The molecule has 0 aliphatic rings. The lowest BCUT2D eigenvalue weighted by Crippen LogP contribution is -2.21. The first-order chi connectivity index (χ1) is 17.2. The molecule has 0 bridgehead atoms. The first-order valence-electron chi connectivity index (χ1n) is 11.1. The number of ketones is 1. The predicted molar refractivity (Wildman–Crippen MR) is 133 cm³/mol. The molecule has 0 aliphatic heterocycles. The predicted octanol–water partition coefficient (Wildman–Crippen LogP) is 4.93. The Morgan fingerprint density at radius 3 is 2.33 bits per heavy atom. The van der Waals surface area contributed by atoms with Crippen molar-refractivity contribution in [3.05, 3.63) is 77.9 Å². The van der Waals surface area contributed by atoms with E-state index in [-0.39, 0.29) is 47.2 Å². The zero-order valence-corrected chi connectivity index (χ0v) is 19.3. The van der Waals surface area contributed by atoms with Gasteiger partial charge in [0.15, 0.2) is 28.6 Å². The van der Waals surface area contributed by atoms with E-state index >= 15 is 0 Å². The molecule has 4 N–H and O–H groups in total. The summed E-state index contributed by atoms with van der Waals surface area (Å²) in [5.41, 5.74) is 2.07. The molecule has 0 aliphatic carbocycles. The van der Waals surface area contributed by atoms with Crippen LogP contribution in [0.4, 0.5) is 0 Å². The Balaban J connectivity index is 1.56. The molecule has 0 radical (unpaired) electrons. The van der Waals surface area contributed by atoms with Crippen LogP contribution in [0.5, 0.6) is 23.0 Å². The molecule has 0 unspecified atom stereocenters. The van der Waals surface area contributed by atoms with E-state index in [2.05, 4.69) is 0 Å². The van der Waals surface area contributed by atoms with Gasteiger partial charge in [0.2, 0.25) is 0 Å². The highest BCUT2D eigenvalue weighted by atomic mass is 16.5. The fraction of sp³-hybridized carbons (Fsp3) is 0.143. The average Bonchev–Trinajstić information content (AvgIpc) is 3.32. The van der Waals surface area contributed by atoms with Crippen LogP contribution in [-0.4, -0.2) is 39.3 Å². The number of esters is 1. The number of rotatable bonds is 8. The molecular formula is C28H24O8. The van der Waals surface area contributed by atoms with Gasteiger partial charge in [-0.1, -0.05) is 24.3 Å². The minimum atomic E-state index is -0.695. The summed E-state index contributed by atoms with van der Waals surface area (Å²) in [6.45, 7) is 0. The fourth-order valence-electron chi connectivity index (χ4n) is 3.91. The molecule has 0 fully saturated rings. The summed E-state index contributed by atoms with van der Waals surface area (Å²) in [6, 6.07) is 15.3. The minimum absolute atomic E-state index is 0.0747. The standard InChI is InChI=1S/C28H24O8/c1-35-28(34)19(12-16-2-7-20(29)8-3-16)13-21(30)9-4-17-5-11-24(32)27-22(17)15-26(36-27)18-6-10-23(31)25(33)14-18/h2-11,14-15,19,29,31-33H,12-13H2,1H3/b9-4+/t19-/m1/s1. The maximum absolute atomic E-state index is 12.7. The number of hydrogen-bond acceptors (Lipinski definition) is 8. The van der Waals surface area contributed by atoms with Crippen molar-refractivity contribution < 1.29 is 39.2 Å². The molecule has 0 spiro atoms. The third kappa shape index (κ3) is 5.33. The molecule has 4 rings (SSSR count). The normalized spacial score (nSPS) is 12.1. The Bertz CT molecular complexity index is 1450. The van der Waals surface area contributed by atoms with Gasteiger partial charge < -0.3 is 29.6 Å². The molecule has 1 aromatic heterocycles. The lowest BCUT2D eigenvalue weighted by molar-refractivity contribution is -0.146. The Hall–Kier alpha value is -4.72. The van der Waals surface area contributed by atoms with Gasteiger partial charge >= 0.3 is 5.97 Å². The number of fused-ring (bicyclic) bond motifs is 1. The molecule has 1 heterocycles. The summed E-state index contributed by atoms with van der Waals surface area (Å²) in [4.78, 5) is 25.0. The summed E-state index contributed by atoms with van der Waals surface area (Å²) >= 11 is 0. The first kappa shape index (κ1) is 24.4. The van der Waals surface area contributed by atoms with Crippen molar-refractivity contribution in [2.75, 3.05) is 7.11 Å². The van der Waals surface area contributed by atoms with Crippen molar-refractivity contribution in [1.82, 2.24) is 0 Å². The van der Waals surface area contributed by atoms with Crippen molar-refractivity contribution >= 4 is 28.8 Å². The van der Waals surface area contributed by atoms with Crippen molar-refractivity contribution in [2.45, 2.75) is 12.8 Å². The van der Waals surface area contributed by atoms with Gasteiger partial charge in [-0.3, -0.25) is 9.59 Å². The molecule has 8 heteroatoms. The van der Waals surface area contributed by atoms with Crippen LogP contribution < -0.4 is 0 Å². The van der Waals surface area contributed by atoms with Gasteiger partial charge in [-0.05, 0) is 66.1 Å². The summed E-state index contributed by atoms with van der Waals surface area (Å²) in [6.07, 6.45) is 3.14. The van der Waals surface area contributed by atoms with E-state index in [1.54, 1.807) is 36.4 Å². The summed E-state index contributed by atoms with van der Waals surface area (Å²) in [5, 5.41) is 39.6. The van der Waals surface area contributed by atoms with Crippen molar-refractivity contribution in [3.63, 3.8) is 0 Å². The Kier molecular flexibility index (Phi) is 6.96. The van der Waals surface area contributed by atoms with Gasteiger partial charge in [0, 0.05) is 17.4 Å². The number of phenolic OH excluding ortho intramolecular Hbond substituents is 4. The average molecular weight is 488 g/mol. The van der Waals surface area contributed by atoms with Crippen molar-refractivity contribution in [3.8, 4) is 34.3 Å². The van der Waals surface area contributed by atoms with Gasteiger partial charge in [-0.15, -0.1) is 0 Å². The van der Waals surface area contributed by atoms with E-state index in [1.807, 2.05) is 0 Å². The number of aromatic hydroxyl groups is 4. The summed E-state index contributed by atoms with van der Waals surface area (Å²) in [7, 11) is 1.27. The number of phenols is 4. The zero-order chi connectivity index (χ0) is 25.8. The molecule has 4 aromatic rings. The number of furan rings is 1. The smallest absolute Gasteiger partial charge is 0.309 e. The topological polar surface area (TPSA) is 137 Å². The number of carbonyl (C=O) groups excluding carboxylic acids is 2. The Labute approximate surface area is 206 Å². The molecular weight excluding hydrogens is 464 g/mol. The highest BCUT2D eigenvalue weighted by molar-refractivity contribution is 6.00. The molecule has 3 aromatic carbocycles. The number of methoxy groups -OCH3 is 1. The van der Waals surface area contributed by atoms with Crippen LogP contribution >= 0.6 is 0 Å². The van der Waals surface area contributed by atoms with Gasteiger partial charge in [0.05, 0.1) is 13.0 Å². The maximum Gasteiger partial charge on any atom is 0.309 e. The quantitative estimate of drug-likeness (QED) is 0.156. The molecule has 0 saturated carbocycles. The zero-order valence-electron chi connectivity index (χ0n) is 19.3. The molecule has 0 saturated heterocycles. The van der Waals surface area contributed by atoms with Gasteiger partial charge in [-0.2, -0.15) is 0 Å². The van der Waals surface area contributed by atoms with Crippen LogP contribution in [0.25, 0.3) is 28.4 Å². The highest BCUT2D eigenvalue weighted by Gasteiger charge is 2.22. The minimum Gasteiger partial charge on any atom is -0.508 e. The second-order valence-corrected chi connectivity index (χ2v) is 8.33. The van der Waals surface area contributed by atoms with E-state index in [9.17, 15) is 30.0 Å². The molecule has 36 heavy (non-hydrogen) atoms. The van der Waals surface area contributed by atoms with Crippen LogP contribution in [0.2, 0.25) is 0 Å². The largest absolute Gasteiger partial charge is 0.508 e. The Morgan fingerprint density at radius 2 is 1.64 bits per heavy atom. The van der Waals surface area contributed by atoms with Crippen LogP contribution in [0, 0.1) is 5.92 Å². The lowest BCUT2D eigenvalue weighted by atomic mass is 9.94. The fourth-order valence-corrected chi connectivity index (χ4v) is 3.91. The summed E-state index contributed by atoms with van der Waals surface area (Å²) in [5.74, 6) is -1.71. The highest BCUT2D eigenvalue weighted by Crippen LogP contribution is 2.38. The second kappa shape index (κ2) is 10.3. The SMILES string of the molecule is COC(=O)[C@@H](CC(=O)/C=C/c1ccc(O)c2oc(-c3ccc(O)c(O)c3)cc12)Cc1ccc(O)cc1. The van der Waals surface area contributed by atoms with Crippen LogP contribution in [-0.2, 0) is 20.7 Å². The molecule has 8 nitrogen and oxygen atoms in total. The molecule has 1 atom stereocenters. The third-order valence-electron chi connectivity index (χ3n) is 5.81. The van der Waals surface area contributed by atoms with Gasteiger partial charge in [-0.25, -0.2) is 0 Å². The number of carbonyl (C=O) groups is 2. The van der Waals surface area contributed by atoms with Crippen LogP contribution in [0.3, 0.4) is 0 Å². The van der Waals surface area contributed by atoms with Gasteiger partial charge in [0.1, 0.15) is 11.5 Å². The maximum atomic E-state index is 12.7. The van der Waals surface area contributed by atoms with Crippen molar-refractivity contribution in [2.24, 2.45) is 5.92 Å². The van der Waals surface area contributed by atoms with E-state index in [1.165, 1.54) is 43.5 Å². The van der Waals surface area contributed by atoms with E-state index < -0.39 is 11.9 Å². The Morgan fingerprint density at radius 1 is 0.917 bits per heavy atom. The first-order valence-corrected chi connectivity index (χ1v) is 11.1. The van der Waals surface area contributed by atoms with Crippen molar-refractivity contribution in [1.29, 1.82) is 0 Å². The van der Waals surface area contributed by atoms with E-state index in [0.29, 0.717) is 22.3 Å². The van der Waals surface area contributed by atoms with Crippen LogP contribution in [0.15, 0.2) is 71.2 Å². The van der Waals surface area contributed by atoms with Crippen LogP contribution in [0.1, 0.15) is 17.5 Å². The van der Waals surface area contributed by atoms with E-state index in [4.69, 9.17) is 9.15 Å². The number of benzene rings is 3. The second-order valence-electron chi connectivity index (χ2n) is 8.33. The lowest BCUT2D eigenvalue weighted by Gasteiger charge is -2.13. The number of ether oxygens (including phenoxy) is 1. The monoisotopic (exact) mass is 488 g/mol. The van der Waals surface area contributed by atoms with E-state index in [0.717, 1.165) is 5.56 Å². The number of allylic oxidation sites excluding steroid dienone is 1. The summed E-state index contributed by atoms with van der Waals surface area (Å²) < 4.78 is 10.6.